The van der Waals surface area contributed by atoms with Gasteiger partial charge in [0, 0.05) is 32.2 Å². The van der Waals surface area contributed by atoms with Gasteiger partial charge in [0.15, 0.2) is 0 Å². The summed E-state index contributed by atoms with van der Waals surface area (Å²) < 4.78 is 0. The number of thiophene rings is 1. The Morgan fingerprint density at radius 1 is 1.14 bits per heavy atom. The zero-order valence-corrected chi connectivity index (χ0v) is 18.6. The van der Waals surface area contributed by atoms with Gasteiger partial charge >= 0.3 is 0 Å². The molecule has 1 aliphatic heterocycles. The molecule has 2 fully saturated rings. The van der Waals surface area contributed by atoms with Gasteiger partial charge in [-0.2, -0.15) is 0 Å². The predicted molar refractivity (Wildman–Crippen MR) is 120 cm³/mol. The molecule has 1 saturated heterocycles. The summed E-state index contributed by atoms with van der Waals surface area (Å²) in [4.78, 5) is 28.8. The topological polar surface area (TPSA) is 61.4 Å². The highest BCUT2D eigenvalue weighted by atomic mass is 32.1. The molecule has 1 saturated carbocycles. The van der Waals surface area contributed by atoms with Crippen LogP contribution >= 0.6 is 11.3 Å². The number of hydrogen-bond acceptors (Lipinski definition) is 6. The van der Waals surface area contributed by atoms with Crippen LogP contribution in [-0.4, -0.2) is 59.5 Å². The highest BCUT2D eigenvalue weighted by Gasteiger charge is 2.25. The lowest BCUT2D eigenvalue weighted by molar-refractivity contribution is 0.0937. The van der Waals surface area contributed by atoms with Gasteiger partial charge < -0.3 is 10.2 Å². The normalized spacial score (nSPS) is 19.4. The molecule has 158 valence electrons. The van der Waals surface area contributed by atoms with Crippen molar-refractivity contribution >= 4 is 33.3 Å². The van der Waals surface area contributed by atoms with Crippen LogP contribution < -0.4 is 10.2 Å². The predicted octanol–water partition coefficient (Wildman–Crippen LogP) is 3.98. The summed E-state index contributed by atoms with van der Waals surface area (Å²) in [6.45, 7) is 9.54. The van der Waals surface area contributed by atoms with Crippen molar-refractivity contribution in [2.24, 2.45) is 0 Å². The van der Waals surface area contributed by atoms with Crippen molar-refractivity contribution in [2.75, 3.05) is 37.6 Å². The summed E-state index contributed by atoms with van der Waals surface area (Å²) >= 11 is 1.51. The second-order valence-corrected chi connectivity index (χ2v) is 9.42. The van der Waals surface area contributed by atoms with E-state index in [2.05, 4.69) is 38.9 Å². The highest BCUT2D eigenvalue weighted by Crippen LogP contribution is 2.35. The zero-order valence-electron chi connectivity index (χ0n) is 17.7. The number of aromatic nitrogens is 2. The fraction of sp³-hybridized carbons (Fsp3) is 0.682. The van der Waals surface area contributed by atoms with Crippen LogP contribution in [0.15, 0.2) is 6.33 Å². The first-order chi connectivity index (χ1) is 14.2. The van der Waals surface area contributed by atoms with Crippen molar-refractivity contribution in [3.8, 4) is 0 Å². The molecule has 2 aromatic rings. The van der Waals surface area contributed by atoms with E-state index in [0.29, 0.717) is 6.04 Å². The van der Waals surface area contributed by atoms with Crippen molar-refractivity contribution in [2.45, 2.75) is 64.8 Å². The zero-order chi connectivity index (χ0) is 20.2. The maximum Gasteiger partial charge on any atom is 0.261 e. The molecule has 0 atom stereocenters. The molecule has 3 heterocycles. The molecule has 1 amide bonds. The number of hydrogen-bond donors (Lipinski definition) is 1. The minimum atomic E-state index is 0.0658. The lowest BCUT2D eigenvalue weighted by atomic mass is 10.1. The van der Waals surface area contributed by atoms with Crippen molar-refractivity contribution in [1.82, 2.24) is 20.2 Å². The van der Waals surface area contributed by atoms with E-state index in [1.807, 2.05) is 0 Å². The van der Waals surface area contributed by atoms with Gasteiger partial charge in [0.25, 0.3) is 5.91 Å². The van der Waals surface area contributed by atoms with Gasteiger partial charge in [-0.15, -0.1) is 11.3 Å². The summed E-state index contributed by atoms with van der Waals surface area (Å²) in [6, 6.07) is 0.312. The standard InChI is InChI=1S/C22H33N5OS/c1-3-10-26-11-13-27(14-12-26)20-18-16(2)19(29-22(18)24-15-23-20)21(28)25-17-8-6-4-5-7-9-17/h15,17H,3-14H2,1-2H3,(H,25,28). The van der Waals surface area contributed by atoms with E-state index in [-0.39, 0.29) is 5.91 Å². The molecule has 0 aromatic carbocycles. The van der Waals surface area contributed by atoms with Crippen molar-refractivity contribution in [3.05, 3.63) is 16.8 Å². The van der Waals surface area contributed by atoms with Crippen LogP contribution in [0.25, 0.3) is 10.2 Å². The molecule has 29 heavy (non-hydrogen) atoms. The van der Waals surface area contributed by atoms with Crippen molar-refractivity contribution in [1.29, 1.82) is 0 Å². The SMILES string of the molecule is CCCN1CCN(c2ncnc3sc(C(=O)NC4CCCCCC4)c(C)c23)CC1. The second-order valence-electron chi connectivity index (χ2n) is 8.42. The van der Waals surface area contributed by atoms with Crippen LogP contribution in [0.5, 0.6) is 0 Å². The van der Waals surface area contributed by atoms with E-state index < -0.39 is 0 Å². The second kappa shape index (κ2) is 9.39. The lowest BCUT2D eigenvalue weighted by Gasteiger charge is -2.35. The summed E-state index contributed by atoms with van der Waals surface area (Å²) in [6.07, 6.45) is 10.1. The molecule has 2 aliphatic rings. The number of nitrogens with one attached hydrogen (secondary N) is 1. The molecular formula is C22H33N5OS. The van der Waals surface area contributed by atoms with Crippen LogP contribution in [0.1, 0.15) is 67.1 Å². The third-order valence-corrected chi connectivity index (χ3v) is 7.51. The Hall–Kier alpha value is -1.73. The van der Waals surface area contributed by atoms with Crippen LogP contribution in [0.2, 0.25) is 0 Å². The van der Waals surface area contributed by atoms with Gasteiger partial charge in [-0.05, 0) is 38.3 Å². The molecule has 7 heteroatoms. The summed E-state index contributed by atoms with van der Waals surface area (Å²) in [5.74, 6) is 1.06. The Morgan fingerprint density at radius 2 is 1.86 bits per heavy atom. The van der Waals surface area contributed by atoms with E-state index >= 15 is 0 Å². The van der Waals surface area contributed by atoms with Gasteiger partial charge in [-0.1, -0.05) is 32.6 Å². The van der Waals surface area contributed by atoms with E-state index in [9.17, 15) is 4.79 Å². The summed E-state index contributed by atoms with van der Waals surface area (Å²) in [7, 11) is 0. The molecule has 1 N–H and O–H groups in total. The Balaban J connectivity index is 1.54. The molecule has 0 radical (unpaired) electrons. The Bertz CT molecular complexity index is 835. The largest absolute Gasteiger partial charge is 0.353 e. The maximum atomic E-state index is 13.0. The van der Waals surface area contributed by atoms with Crippen LogP contribution in [0.3, 0.4) is 0 Å². The molecule has 1 aliphatic carbocycles. The van der Waals surface area contributed by atoms with Crippen LogP contribution in [0, 0.1) is 6.92 Å². The molecule has 6 nitrogen and oxygen atoms in total. The molecule has 0 bridgehead atoms. The van der Waals surface area contributed by atoms with E-state index in [0.717, 1.165) is 72.0 Å². The third kappa shape index (κ3) is 4.56. The van der Waals surface area contributed by atoms with Gasteiger partial charge in [-0.3, -0.25) is 9.69 Å². The Morgan fingerprint density at radius 3 is 2.55 bits per heavy atom. The summed E-state index contributed by atoms with van der Waals surface area (Å²) in [5, 5.41) is 4.36. The first-order valence-electron chi connectivity index (χ1n) is 11.2. The molecule has 4 rings (SSSR count). The number of aryl methyl sites for hydroxylation is 1. The minimum Gasteiger partial charge on any atom is -0.353 e. The number of amides is 1. The fourth-order valence-corrected chi connectivity index (χ4v) is 5.73. The van der Waals surface area contributed by atoms with Crippen LogP contribution in [0.4, 0.5) is 5.82 Å². The lowest BCUT2D eigenvalue weighted by Crippen LogP contribution is -2.46. The smallest absolute Gasteiger partial charge is 0.261 e. The highest BCUT2D eigenvalue weighted by molar-refractivity contribution is 7.20. The molecular weight excluding hydrogens is 382 g/mol. The monoisotopic (exact) mass is 415 g/mol. The Kier molecular flexibility index (Phi) is 6.65. The number of carbonyl (C=O) groups excluding carboxylic acids is 1. The first-order valence-corrected chi connectivity index (χ1v) is 12.0. The van der Waals surface area contributed by atoms with Gasteiger partial charge in [0.2, 0.25) is 0 Å². The number of carbonyl (C=O) groups is 1. The maximum absolute atomic E-state index is 13.0. The van der Waals surface area contributed by atoms with Gasteiger partial charge in [0.05, 0.1) is 10.3 Å². The number of fused-ring (bicyclic) bond motifs is 1. The number of piperazine rings is 1. The van der Waals surface area contributed by atoms with E-state index in [4.69, 9.17) is 0 Å². The number of nitrogens with zero attached hydrogens (tertiary/aromatic N) is 4. The van der Waals surface area contributed by atoms with E-state index in [1.54, 1.807) is 6.33 Å². The third-order valence-electron chi connectivity index (χ3n) is 6.32. The van der Waals surface area contributed by atoms with Gasteiger partial charge in [0.1, 0.15) is 17.0 Å². The Labute approximate surface area is 177 Å². The van der Waals surface area contributed by atoms with Crippen molar-refractivity contribution < 1.29 is 4.79 Å². The van der Waals surface area contributed by atoms with Crippen molar-refractivity contribution in [3.63, 3.8) is 0 Å². The first kappa shape index (κ1) is 20.5. The minimum absolute atomic E-state index is 0.0658. The quantitative estimate of drug-likeness (QED) is 0.749. The van der Waals surface area contributed by atoms with Crippen LogP contribution in [-0.2, 0) is 0 Å². The fourth-order valence-electron chi connectivity index (χ4n) is 4.68. The average molecular weight is 416 g/mol. The molecule has 0 spiro atoms. The number of rotatable bonds is 5. The molecule has 0 unspecified atom stereocenters. The van der Waals surface area contributed by atoms with Gasteiger partial charge in [-0.25, -0.2) is 9.97 Å². The average Bonchev–Trinajstić information content (AvgIpc) is 2.89. The summed E-state index contributed by atoms with van der Waals surface area (Å²) in [5.41, 5.74) is 1.03. The molecule has 2 aromatic heterocycles. The number of anilines is 1. The van der Waals surface area contributed by atoms with E-state index in [1.165, 1.54) is 43.4 Å².